The van der Waals surface area contributed by atoms with Crippen molar-refractivity contribution in [3.63, 3.8) is 0 Å². The molecule has 0 radical (unpaired) electrons. The van der Waals surface area contributed by atoms with E-state index < -0.39 is 0 Å². The van der Waals surface area contributed by atoms with Crippen LogP contribution in [-0.4, -0.2) is 0 Å². The van der Waals surface area contributed by atoms with Crippen LogP contribution in [-0.2, 0) is 0 Å². The molecule has 0 unspecified atom stereocenters. The van der Waals surface area contributed by atoms with Gasteiger partial charge in [0.1, 0.15) is 11.2 Å². The van der Waals surface area contributed by atoms with Crippen molar-refractivity contribution >= 4 is 60.5 Å². The van der Waals surface area contributed by atoms with E-state index in [1.54, 1.807) is 0 Å². The Bertz CT molecular complexity index is 2860. The van der Waals surface area contributed by atoms with Crippen molar-refractivity contribution in [1.29, 1.82) is 0 Å². The number of rotatable bonds is 6. The molecule has 0 amide bonds. The monoisotopic (exact) mass is 663 g/mol. The highest BCUT2D eigenvalue weighted by atomic mass is 16.3. The number of anilines is 3. The lowest BCUT2D eigenvalue weighted by Crippen LogP contribution is -2.09. The molecule has 0 fully saturated rings. The maximum atomic E-state index is 6.93. The van der Waals surface area contributed by atoms with E-state index in [1.807, 2.05) is 0 Å². The summed E-state index contributed by atoms with van der Waals surface area (Å²) in [5.41, 5.74) is 12.2. The van der Waals surface area contributed by atoms with Crippen LogP contribution in [0, 0.1) is 0 Å². The summed E-state index contributed by atoms with van der Waals surface area (Å²) in [6.45, 7) is 0. The normalized spacial score (nSPS) is 11.5. The third kappa shape index (κ3) is 5.12. The van der Waals surface area contributed by atoms with Gasteiger partial charge in [-0.1, -0.05) is 152 Å². The number of fused-ring (bicyclic) bond motifs is 7. The Labute approximate surface area is 302 Å². The van der Waals surface area contributed by atoms with Crippen LogP contribution in [0.5, 0.6) is 0 Å². The second-order valence-corrected chi connectivity index (χ2v) is 13.3. The van der Waals surface area contributed by atoms with Gasteiger partial charge in [0.15, 0.2) is 0 Å². The molecular weight excluding hydrogens is 631 g/mol. The summed E-state index contributed by atoms with van der Waals surface area (Å²) in [7, 11) is 0. The van der Waals surface area contributed by atoms with E-state index in [4.69, 9.17) is 4.42 Å². The number of hydrogen-bond donors (Lipinski definition) is 0. The fourth-order valence-electron chi connectivity index (χ4n) is 7.69. The van der Waals surface area contributed by atoms with Crippen LogP contribution in [0.2, 0.25) is 0 Å². The minimum absolute atomic E-state index is 0.909. The molecule has 0 N–H and O–H groups in total. The van der Waals surface area contributed by atoms with Gasteiger partial charge < -0.3 is 9.32 Å². The largest absolute Gasteiger partial charge is 0.455 e. The SMILES string of the molecule is c1ccc(-c2ccc(N(c3ccccc3)c3ccc(-c4cccc5c4oc4c5ccc5ccc6cc(-c7ccccc7)ccc6c54)cc3)cc2)cc1. The highest BCUT2D eigenvalue weighted by Gasteiger charge is 2.18. The fourth-order valence-corrected chi connectivity index (χ4v) is 7.69. The first kappa shape index (κ1) is 30.0. The predicted octanol–water partition coefficient (Wildman–Crippen LogP) is 14.4. The summed E-state index contributed by atoms with van der Waals surface area (Å²) in [5.74, 6) is 0. The topological polar surface area (TPSA) is 16.4 Å². The molecule has 0 spiro atoms. The minimum atomic E-state index is 0.909. The van der Waals surface area contributed by atoms with Gasteiger partial charge >= 0.3 is 0 Å². The zero-order valence-corrected chi connectivity index (χ0v) is 28.4. The van der Waals surface area contributed by atoms with Crippen LogP contribution in [0.4, 0.5) is 17.1 Å². The van der Waals surface area contributed by atoms with Crippen molar-refractivity contribution < 1.29 is 4.42 Å². The van der Waals surface area contributed by atoms with Crippen molar-refractivity contribution in [2.75, 3.05) is 4.90 Å². The number of benzene rings is 9. The van der Waals surface area contributed by atoms with Crippen LogP contribution in [0.1, 0.15) is 0 Å². The van der Waals surface area contributed by atoms with Crippen LogP contribution in [0.25, 0.3) is 76.9 Å². The van der Waals surface area contributed by atoms with Gasteiger partial charge in [-0.3, -0.25) is 0 Å². The summed E-state index contributed by atoms with van der Waals surface area (Å²) >= 11 is 0. The van der Waals surface area contributed by atoms with Gasteiger partial charge in [-0.2, -0.15) is 0 Å². The molecule has 2 heteroatoms. The number of hydrogen-bond acceptors (Lipinski definition) is 2. The number of nitrogens with zero attached hydrogens (tertiary/aromatic N) is 1. The minimum Gasteiger partial charge on any atom is -0.455 e. The summed E-state index contributed by atoms with van der Waals surface area (Å²) in [6.07, 6.45) is 0. The standard InChI is InChI=1S/C50H33NO/c1-4-11-34(12-5-1)36-21-27-42(28-22-36)51(41-15-8-3-9-16-41)43-29-23-37(24-30-43)45-17-10-18-46-47-32-25-38-19-20-40-33-39(35-13-6-2-7-14-35)26-31-44(40)48(38)50(47)52-49(45)46/h1-33H. The van der Waals surface area contributed by atoms with Gasteiger partial charge in [-0.25, -0.2) is 0 Å². The molecule has 10 rings (SSSR count). The smallest absolute Gasteiger partial charge is 0.143 e. The predicted molar refractivity (Wildman–Crippen MR) is 220 cm³/mol. The summed E-state index contributed by atoms with van der Waals surface area (Å²) in [4.78, 5) is 2.31. The fraction of sp³-hybridized carbons (Fsp3) is 0. The molecule has 244 valence electrons. The van der Waals surface area contributed by atoms with Gasteiger partial charge in [0, 0.05) is 38.8 Å². The van der Waals surface area contributed by atoms with Crippen molar-refractivity contribution in [2.24, 2.45) is 0 Å². The Kier molecular flexibility index (Phi) is 7.18. The van der Waals surface area contributed by atoms with Gasteiger partial charge in [-0.15, -0.1) is 0 Å². The third-order valence-electron chi connectivity index (χ3n) is 10.3. The van der Waals surface area contributed by atoms with Crippen molar-refractivity contribution in [3.05, 3.63) is 200 Å². The Morgan fingerprint density at radius 2 is 0.808 bits per heavy atom. The lowest BCUT2D eigenvalue weighted by molar-refractivity contribution is 0.674. The molecule has 0 bridgehead atoms. The second kappa shape index (κ2) is 12.5. The zero-order valence-electron chi connectivity index (χ0n) is 28.4. The lowest BCUT2D eigenvalue weighted by atomic mass is 9.96. The molecule has 9 aromatic carbocycles. The van der Waals surface area contributed by atoms with Gasteiger partial charge in [-0.05, 0) is 92.5 Å². The molecule has 10 aromatic rings. The first-order valence-corrected chi connectivity index (χ1v) is 17.8. The Balaban J connectivity index is 1.06. The van der Waals surface area contributed by atoms with Gasteiger partial charge in [0.2, 0.25) is 0 Å². The molecule has 0 saturated heterocycles. The molecule has 1 aromatic heterocycles. The summed E-state index contributed by atoms with van der Waals surface area (Å²) in [6, 6.07) is 71.4. The number of para-hydroxylation sites is 2. The quantitative estimate of drug-likeness (QED) is 0.165. The first-order valence-electron chi connectivity index (χ1n) is 17.8. The maximum Gasteiger partial charge on any atom is 0.143 e. The molecule has 2 nitrogen and oxygen atoms in total. The number of furan rings is 1. The average molecular weight is 664 g/mol. The van der Waals surface area contributed by atoms with Crippen molar-refractivity contribution in [1.82, 2.24) is 0 Å². The molecule has 0 atom stereocenters. The van der Waals surface area contributed by atoms with E-state index in [0.29, 0.717) is 0 Å². The van der Waals surface area contributed by atoms with E-state index in [2.05, 4.69) is 205 Å². The Morgan fingerprint density at radius 1 is 0.308 bits per heavy atom. The average Bonchev–Trinajstić information content (AvgIpc) is 3.61. The lowest BCUT2D eigenvalue weighted by Gasteiger charge is -2.26. The Hall–Kier alpha value is -6.90. The first-order chi connectivity index (χ1) is 25.8. The zero-order chi connectivity index (χ0) is 34.4. The molecule has 1 heterocycles. The molecule has 0 aliphatic heterocycles. The van der Waals surface area contributed by atoms with E-state index in [-0.39, 0.29) is 0 Å². The van der Waals surface area contributed by atoms with Gasteiger partial charge in [0.25, 0.3) is 0 Å². The van der Waals surface area contributed by atoms with Crippen molar-refractivity contribution in [3.8, 4) is 33.4 Å². The van der Waals surface area contributed by atoms with E-state index in [9.17, 15) is 0 Å². The molecule has 0 saturated carbocycles. The highest BCUT2D eigenvalue weighted by molar-refractivity contribution is 6.24. The van der Waals surface area contributed by atoms with Crippen LogP contribution < -0.4 is 4.90 Å². The third-order valence-corrected chi connectivity index (χ3v) is 10.3. The van der Waals surface area contributed by atoms with Gasteiger partial charge in [0.05, 0.1) is 0 Å². The van der Waals surface area contributed by atoms with Crippen LogP contribution in [0.3, 0.4) is 0 Å². The summed E-state index contributed by atoms with van der Waals surface area (Å²) in [5, 5.41) is 7.00. The highest BCUT2D eigenvalue weighted by Crippen LogP contribution is 2.42. The second-order valence-electron chi connectivity index (χ2n) is 13.3. The van der Waals surface area contributed by atoms with E-state index >= 15 is 0 Å². The Morgan fingerprint density at radius 3 is 1.50 bits per heavy atom. The van der Waals surface area contributed by atoms with Crippen LogP contribution >= 0.6 is 0 Å². The van der Waals surface area contributed by atoms with Crippen LogP contribution in [0.15, 0.2) is 205 Å². The molecular formula is C50H33NO. The van der Waals surface area contributed by atoms with E-state index in [1.165, 1.54) is 38.4 Å². The molecule has 52 heavy (non-hydrogen) atoms. The molecule has 0 aliphatic rings. The maximum absolute atomic E-state index is 6.93. The summed E-state index contributed by atoms with van der Waals surface area (Å²) < 4.78 is 6.93. The molecule has 0 aliphatic carbocycles. The van der Waals surface area contributed by atoms with E-state index in [0.717, 1.165) is 55.5 Å². The van der Waals surface area contributed by atoms with Crippen molar-refractivity contribution in [2.45, 2.75) is 0 Å².